The number of aromatic nitrogens is 2. The minimum Gasteiger partial charge on any atom is -0.505 e. The Balaban J connectivity index is 1.39. The first-order chi connectivity index (χ1) is 22.4. The third-order valence-electron chi connectivity index (χ3n) is 8.65. The van der Waals surface area contributed by atoms with E-state index in [2.05, 4.69) is 4.90 Å². The number of imidazole rings is 1. The number of ether oxygens (including phenoxy) is 3. The lowest BCUT2D eigenvalue weighted by molar-refractivity contribution is -0.140. The summed E-state index contributed by atoms with van der Waals surface area (Å²) in [5, 5.41) is 11.8. The Hall–Kier alpha value is -4.67. The lowest BCUT2D eigenvalue weighted by atomic mass is 9.96. The van der Waals surface area contributed by atoms with Gasteiger partial charge in [-0.2, -0.15) is 0 Å². The zero-order chi connectivity index (χ0) is 32.2. The SMILES string of the molecule is CCOc1cc(C2C(=C(O)c3nc4c(C)cccn4c3C)C(=O)C(=O)N2CCCN2CCOCC2)ccc1OCc1ccccc1. The minimum atomic E-state index is -0.836. The van der Waals surface area contributed by atoms with Gasteiger partial charge in [0.2, 0.25) is 0 Å². The van der Waals surface area contributed by atoms with Crippen molar-refractivity contribution in [1.29, 1.82) is 0 Å². The van der Waals surface area contributed by atoms with Gasteiger partial charge in [0.25, 0.3) is 11.7 Å². The van der Waals surface area contributed by atoms with Crippen molar-refractivity contribution in [3.05, 3.63) is 101 Å². The van der Waals surface area contributed by atoms with Crippen LogP contribution in [0.15, 0.2) is 72.4 Å². The molecule has 0 aliphatic carbocycles. The summed E-state index contributed by atoms with van der Waals surface area (Å²) in [5.74, 6) is -0.625. The number of rotatable bonds is 11. The number of aliphatic hydroxyl groups excluding tert-OH is 1. The number of ketones is 1. The van der Waals surface area contributed by atoms with Gasteiger partial charge in [0.1, 0.15) is 17.9 Å². The Kier molecular flexibility index (Phi) is 9.37. The molecule has 1 amide bonds. The van der Waals surface area contributed by atoms with Crippen LogP contribution < -0.4 is 9.47 Å². The molecule has 10 nitrogen and oxygen atoms in total. The lowest BCUT2D eigenvalue weighted by Crippen LogP contribution is -2.39. The molecular weight excluding hydrogens is 584 g/mol. The summed E-state index contributed by atoms with van der Waals surface area (Å²) in [6.45, 7) is 10.5. The molecule has 0 radical (unpaired) electrons. The van der Waals surface area contributed by atoms with Gasteiger partial charge >= 0.3 is 0 Å². The molecule has 10 heteroatoms. The van der Waals surface area contributed by atoms with Gasteiger partial charge < -0.3 is 28.6 Å². The molecule has 4 aromatic rings. The first kappa shape index (κ1) is 31.3. The average Bonchev–Trinajstić information content (AvgIpc) is 3.55. The zero-order valence-corrected chi connectivity index (χ0v) is 26.6. The maximum absolute atomic E-state index is 13.8. The van der Waals surface area contributed by atoms with E-state index in [1.165, 1.54) is 0 Å². The molecule has 1 N–H and O–H groups in total. The van der Waals surface area contributed by atoms with Crippen LogP contribution in [0.25, 0.3) is 11.4 Å². The highest BCUT2D eigenvalue weighted by molar-refractivity contribution is 6.46. The van der Waals surface area contributed by atoms with Crippen molar-refractivity contribution in [3.8, 4) is 11.5 Å². The Morgan fingerprint density at radius 3 is 2.50 bits per heavy atom. The molecule has 240 valence electrons. The maximum atomic E-state index is 13.8. The molecule has 2 fully saturated rings. The number of carbonyl (C=O) groups excluding carboxylic acids is 2. The van der Waals surface area contributed by atoms with E-state index in [9.17, 15) is 14.7 Å². The minimum absolute atomic E-state index is 0.0148. The Bertz CT molecular complexity index is 1760. The fourth-order valence-corrected chi connectivity index (χ4v) is 6.24. The van der Waals surface area contributed by atoms with E-state index >= 15 is 0 Å². The van der Waals surface area contributed by atoms with Gasteiger partial charge in [0, 0.05) is 32.4 Å². The highest BCUT2D eigenvalue weighted by Gasteiger charge is 2.46. The standard InChI is InChI=1S/C36H40N4O6/c1-4-45-29-22-27(13-14-28(29)46-23-26-11-6-5-7-12-26)32-30(33(41)31-25(3)39-16-8-10-24(2)35(39)37-31)34(42)36(43)40(32)17-9-15-38-18-20-44-21-19-38/h5-8,10-14,16,22,32,41H,4,9,15,17-21,23H2,1-3H3. The summed E-state index contributed by atoms with van der Waals surface area (Å²) in [5.41, 5.74) is 4.22. The monoisotopic (exact) mass is 624 g/mol. The van der Waals surface area contributed by atoms with Crippen LogP contribution in [0.2, 0.25) is 0 Å². The highest BCUT2D eigenvalue weighted by atomic mass is 16.5. The second-order valence-electron chi connectivity index (χ2n) is 11.6. The highest BCUT2D eigenvalue weighted by Crippen LogP contribution is 2.42. The van der Waals surface area contributed by atoms with Gasteiger partial charge in [0.05, 0.1) is 37.1 Å². The van der Waals surface area contributed by atoms with Crippen LogP contribution in [-0.4, -0.2) is 82.0 Å². The van der Waals surface area contributed by atoms with E-state index in [-0.39, 0.29) is 17.0 Å². The van der Waals surface area contributed by atoms with Crippen LogP contribution in [0.1, 0.15) is 47.5 Å². The first-order valence-electron chi connectivity index (χ1n) is 15.8. The van der Waals surface area contributed by atoms with Gasteiger partial charge in [-0.3, -0.25) is 14.5 Å². The number of aliphatic hydroxyl groups is 1. The molecular formula is C36H40N4O6. The second kappa shape index (κ2) is 13.8. The van der Waals surface area contributed by atoms with E-state index < -0.39 is 17.7 Å². The third kappa shape index (κ3) is 6.23. The quantitative estimate of drug-likeness (QED) is 0.140. The number of pyridine rings is 1. The summed E-state index contributed by atoms with van der Waals surface area (Å²) in [4.78, 5) is 36.0. The number of amides is 1. The summed E-state index contributed by atoms with van der Waals surface area (Å²) >= 11 is 0. The van der Waals surface area contributed by atoms with Crippen LogP contribution in [0, 0.1) is 13.8 Å². The number of nitrogens with zero attached hydrogens (tertiary/aromatic N) is 4. The fourth-order valence-electron chi connectivity index (χ4n) is 6.24. The largest absolute Gasteiger partial charge is 0.505 e. The van der Waals surface area contributed by atoms with Crippen molar-refractivity contribution >= 4 is 23.1 Å². The number of Topliss-reactive ketones (excluding diaryl/α,β-unsaturated/α-hetero) is 1. The van der Waals surface area contributed by atoms with Crippen molar-refractivity contribution < 1.29 is 28.9 Å². The molecule has 2 aromatic carbocycles. The zero-order valence-electron chi connectivity index (χ0n) is 26.6. The predicted molar refractivity (Wildman–Crippen MR) is 174 cm³/mol. The van der Waals surface area contributed by atoms with Crippen molar-refractivity contribution in [1.82, 2.24) is 19.2 Å². The summed E-state index contributed by atoms with van der Waals surface area (Å²) in [7, 11) is 0. The van der Waals surface area contributed by atoms with Crippen molar-refractivity contribution in [2.75, 3.05) is 46.0 Å². The maximum Gasteiger partial charge on any atom is 0.295 e. The van der Waals surface area contributed by atoms with Crippen LogP contribution in [-0.2, 0) is 20.9 Å². The van der Waals surface area contributed by atoms with Crippen molar-refractivity contribution in [3.63, 3.8) is 0 Å². The van der Waals surface area contributed by atoms with Gasteiger partial charge in [-0.15, -0.1) is 0 Å². The molecule has 2 aliphatic heterocycles. The van der Waals surface area contributed by atoms with Gasteiger partial charge in [-0.1, -0.05) is 42.5 Å². The molecule has 2 aromatic heterocycles. The van der Waals surface area contributed by atoms with Crippen LogP contribution in [0.5, 0.6) is 11.5 Å². The smallest absolute Gasteiger partial charge is 0.295 e. The molecule has 1 unspecified atom stereocenters. The van der Waals surface area contributed by atoms with Gasteiger partial charge in [-0.25, -0.2) is 4.98 Å². The molecule has 0 bridgehead atoms. The number of aryl methyl sites for hydroxylation is 2. The molecule has 0 saturated carbocycles. The molecule has 2 saturated heterocycles. The number of carbonyl (C=O) groups is 2. The third-order valence-corrected chi connectivity index (χ3v) is 8.65. The molecule has 46 heavy (non-hydrogen) atoms. The predicted octanol–water partition coefficient (Wildman–Crippen LogP) is 5.07. The Morgan fingerprint density at radius 1 is 0.978 bits per heavy atom. The average molecular weight is 625 g/mol. The second-order valence-corrected chi connectivity index (χ2v) is 11.6. The van der Waals surface area contributed by atoms with Gasteiger partial charge in [0.15, 0.2) is 17.3 Å². The summed E-state index contributed by atoms with van der Waals surface area (Å²) in [6.07, 6.45) is 2.53. The van der Waals surface area contributed by atoms with E-state index in [1.54, 1.807) is 11.0 Å². The number of hydrogen-bond acceptors (Lipinski definition) is 8. The molecule has 6 rings (SSSR count). The van der Waals surface area contributed by atoms with Crippen LogP contribution in [0.3, 0.4) is 0 Å². The summed E-state index contributed by atoms with van der Waals surface area (Å²) in [6, 6.07) is 18.3. The number of hydrogen-bond donors (Lipinski definition) is 1. The van der Waals surface area contributed by atoms with E-state index in [4.69, 9.17) is 19.2 Å². The van der Waals surface area contributed by atoms with E-state index in [0.717, 1.165) is 30.8 Å². The normalized spacial score (nSPS) is 18.4. The van der Waals surface area contributed by atoms with E-state index in [0.29, 0.717) is 67.8 Å². The van der Waals surface area contributed by atoms with Crippen molar-refractivity contribution in [2.45, 2.75) is 39.8 Å². The Labute approximate surface area is 268 Å². The molecule has 2 aliphatic rings. The molecule has 1 atom stereocenters. The Morgan fingerprint density at radius 2 is 1.76 bits per heavy atom. The number of morpholine rings is 1. The van der Waals surface area contributed by atoms with Crippen LogP contribution >= 0.6 is 0 Å². The first-order valence-corrected chi connectivity index (χ1v) is 15.8. The van der Waals surface area contributed by atoms with E-state index in [1.807, 2.05) is 86.0 Å². The van der Waals surface area contributed by atoms with Gasteiger partial charge in [-0.05, 0) is 62.1 Å². The van der Waals surface area contributed by atoms with Crippen molar-refractivity contribution in [2.24, 2.45) is 0 Å². The molecule has 0 spiro atoms. The fraction of sp³-hybridized carbons (Fsp3) is 0.361. The molecule has 4 heterocycles. The number of benzene rings is 2. The van der Waals surface area contributed by atoms with Crippen LogP contribution in [0.4, 0.5) is 0 Å². The topological polar surface area (TPSA) is 106 Å². The number of fused-ring (bicyclic) bond motifs is 1. The number of likely N-dealkylation sites (tertiary alicyclic amines) is 1. The summed E-state index contributed by atoms with van der Waals surface area (Å²) < 4.78 is 19.5. The lowest BCUT2D eigenvalue weighted by Gasteiger charge is -2.29.